The molecule has 0 spiro atoms. The lowest BCUT2D eigenvalue weighted by atomic mass is 9.78. The van der Waals surface area contributed by atoms with Gasteiger partial charge in [0.05, 0.1) is 13.2 Å². The summed E-state index contributed by atoms with van der Waals surface area (Å²) < 4.78 is 13.7. The van der Waals surface area contributed by atoms with Gasteiger partial charge in [-0.25, -0.2) is 4.39 Å². The number of hydrogen-bond donors (Lipinski definition) is 1. The molecule has 0 unspecified atom stereocenters. The molecule has 0 radical (unpaired) electrons. The van der Waals surface area contributed by atoms with E-state index in [0.29, 0.717) is 18.7 Å². The first-order chi connectivity index (χ1) is 11.0. The fourth-order valence-corrected chi connectivity index (χ4v) is 3.25. The highest BCUT2D eigenvalue weighted by atomic mass is 19.1. The van der Waals surface area contributed by atoms with Gasteiger partial charge in [0.1, 0.15) is 5.82 Å². The zero-order valence-corrected chi connectivity index (χ0v) is 14.1. The zero-order valence-electron chi connectivity index (χ0n) is 14.1. The lowest BCUT2D eigenvalue weighted by Gasteiger charge is -2.41. The fourth-order valence-electron chi connectivity index (χ4n) is 3.25. The van der Waals surface area contributed by atoms with E-state index in [1.807, 2.05) is 16.8 Å². The molecule has 0 aliphatic carbocycles. The van der Waals surface area contributed by atoms with Crippen molar-refractivity contribution in [2.45, 2.75) is 32.7 Å². The van der Waals surface area contributed by atoms with Gasteiger partial charge in [-0.15, -0.1) is 0 Å². The highest BCUT2D eigenvalue weighted by molar-refractivity contribution is 5.78. The molecule has 0 saturated carbocycles. The molecule has 5 heteroatoms. The monoisotopic (exact) mass is 322 g/mol. The number of aliphatic hydroxyl groups is 1. The number of benzene rings is 1. The molecule has 1 aromatic carbocycles. The van der Waals surface area contributed by atoms with E-state index in [2.05, 4.69) is 6.92 Å². The lowest BCUT2D eigenvalue weighted by molar-refractivity contribution is -0.136. The summed E-state index contributed by atoms with van der Waals surface area (Å²) in [5, 5.41) is 9.66. The summed E-state index contributed by atoms with van der Waals surface area (Å²) in [6.07, 6.45) is 2.77. The summed E-state index contributed by atoms with van der Waals surface area (Å²) >= 11 is 0. The number of carbonyl (C=O) groups is 1. The average Bonchev–Trinajstić information content (AvgIpc) is 2.57. The largest absolute Gasteiger partial charge is 0.396 e. The predicted molar refractivity (Wildman–Crippen MR) is 88.4 cm³/mol. The second-order valence-corrected chi connectivity index (χ2v) is 6.69. The third-order valence-corrected chi connectivity index (χ3v) is 4.90. The standard InChI is InChI=1S/C18H27FN2O2/c1-3-18(14-22)9-6-10-21(13-18)17(23)12-20(2)11-15-7-4-5-8-16(15)19/h4-5,7-8,22H,3,6,9-14H2,1-2H3/t18-/m0/s1. The molecule has 1 N–H and O–H groups in total. The molecule has 23 heavy (non-hydrogen) atoms. The van der Waals surface area contributed by atoms with Gasteiger partial charge in [0.25, 0.3) is 0 Å². The minimum absolute atomic E-state index is 0.0508. The number of likely N-dealkylation sites (N-methyl/N-ethyl adjacent to an activating group) is 1. The van der Waals surface area contributed by atoms with Crippen LogP contribution in [0.1, 0.15) is 31.7 Å². The molecule has 1 fully saturated rings. The molecule has 128 valence electrons. The van der Waals surface area contributed by atoms with E-state index >= 15 is 0 Å². The Morgan fingerprint density at radius 2 is 2.17 bits per heavy atom. The molecule has 1 aliphatic rings. The lowest BCUT2D eigenvalue weighted by Crippen LogP contribution is -2.50. The van der Waals surface area contributed by atoms with Crippen LogP contribution in [0.5, 0.6) is 0 Å². The Hall–Kier alpha value is -1.46. The maximum atomic E-state index is 13.7. The van der Waals surface area contributed by atoms with Crippen molar-refractivity contribution in [1.29, 1.82) is 0 Å². The molecule has 1 heterocycles. The van der Waals surface area contributed by atoms with E-state index in [-0.39, 0.29) is 30.3 Å². The Balaban J connectivity index is 1.92. The van der Waals surface area contributed by atoms with Crippen LogP contribution >= 0.6 is 0 Å². The van der Waals surface area contributed by atoms with E-state index in [1.54, 1.807) is 18.2 Å². The van der Waals surface area contributed by atoms with Crippen LogP contribution in [0.15, 0.2) is 24.3 Å². The number of nitrogens with zero attached hydrogens (tertiary/aromatic N) is 2. The van der Waals surface area contributed by atoms with Gasteiger partial charge >= 0.3 is 0 Å². The van der Waals surface area contributed by atoms with Gasteiger partial charge in [-0.3, -0.25) is 9.69 Å². The van der Waals surface area contributed by atoms with Gasteiger partial charge in [0.2, 0.25) is 5.91 Å². The molecular formula is C18H27FN2O2. The minimum atomic E-state index is -0.241. The van der Waals surface area contributed by atoms with Gasteiger partial charge < -0.3 is 10.0 Å². The Morgan fingerprint density at radius 3 is 2.83 bits per heavy atom. The maximum absolute atomic E-state index is 13.7. The minimum Gasteiger partial charge on any atom is -0.396 e. The quantitative estimate of drug-likeness (QED) is 0.874. The van der Waals surface area contributed by atoms with Gasteiger partial charge in [0, 0.05) is 30.6 Å². The van der Waals surface area contributed by atoms with Gasteiger partial charge in [0.15, 0.2) is 0 Å². The molecule has 0 bridgehead atoms. The first-order valence-corrected chi connectivity index (χ1v) is 8.30. The maximum Gasteiger partial charge on any atom is 0.236 e. The highest BCUT2D eigenvalue weighted by Gasteiger charge is 2.35. The number of amides is 1. The number of aliphatic hydroxyl groups excluding tert-OH is 1. The van der Waals surface area contributed by atoms with E-state index in [0.717, 1.165) is 25.8 Å². The predicted octanol–water partition coefficient (Wildman–Crippen LogP) is 2.27. The number of halogens is 1. The van der Waals surface area contributed by atoms with E-state index in [4.69, 9.17) is 0 Å². The van der Waals surface area contributed by atoms with Gasteiger partial charge in [-0.05, 0) is 32.4 Å². The van der Waals surface area contributed by atoms with Gasteiger partial charge in [-0.2, -0.15) is 0 Å². The third-order valence-electron chi connectivity index (χ3n) is 4.90. The van der Waals surface area contributed by atoms with Crippen molar-refractivity contribution in [2.75, 3.05) is 33.3 Å². The molecule has 1 saturated heterocycles. The summed E-state index contributed by atoms with van der Waals surface area (Å²) in [5.41, 5.74) is 0.442. The van der Waals surface area contributed by atoms with E-state index in [1.165, 1.54) is 6.07 Å². The number of piperidine rings is 1. The first kappa shape index (κ1) is 17.9. The molecule has 1 amide bonds. The smallest absolute Gasteiger partial charge is 0.236 e. The molecular weight excluding hydrogens is 295 g/mol. The second kappa shape index (κ2) is 7.88. The van der Waals surface area contributed by atoms with Crippen LogP contribution in [0.4, 0.5) is 4.39 Å². The number of carbonyl (C=O) groups excluding carboxylic acids is 1. The molecule has 0 aromatic heterocycles. The van der Waals surface area contributed by atoms with Crippen LogP contribution in [0.25, 0.3) is 0 Å². The topological polar surface area (TPSA) is 43.8 Å². The van der Waals surface area contributed by atoms with Crippen molar-refractivity contribution < 1.29 is 14.3 Å². The van der Waals surface area contributed by atoms with E-state index < -0.39 is 0 Å². The summed E-state index contributed by atoms with van der Waals surface area (Å²) in [6, 6.07) is 6.64. The SMILES string of the molecule is CC[C@]1(CO)CCCN(C(=O)CN(C)Cc2ccccc2F)C1. The summed E-state index contributed by atoms with van der Waals surface area (Å²) in [7, 11) is 1.83. The Labute approximate surface area is 137 Å². The van der Waals surface area contributed by atoms with Crippen LogP contribution in [-0.2, 0) is 11.3 Å². The first-order valence-electron chi connectivity index (χ1n) is 8.30. The summed E-state index contributed by atoms with van der Waals surface area (Å²) in [5.74, 6) is -0.190. The van der Waals surface area contributed by atoms with Gasteiger partial charge in [-0.1, -0.05) is 25.1 Å². The molecule has 1 atom stereocenters. The number of likely N-dealkylation sites (tertiary alicyclic amines) is 1. The van der Waals surface area contributed by atoms with Crippen molar-refractivity contribution >= 4 is 5.91 Å². The molecule has 1 aliphatic heterocycles. The molecule has 4 nitrogen and oxygen atoms in total. The summed E-state index contributed by atoms with van der Waals surface area (Å²) in [6.45, 7) is 4.22. The van der Waals surface area contributed by atoms with Crippen molar-refractivity contribution in [3.8, 4) is 0 Å². The highest BCUT2D eigenvalue weighted by Crippen LogP contribution is 2.32. The number of rotatable bonds is 6. The van der Waals surface area contributed by atoms with Crippen LogP contribution in [-0.4, -0.2) is 54.1 Å². The zero-order chi connectivity index (χ0) is 16.9. The van der Waals surface area contributed by atoms with Crippen molar-refractivity contribution in [3.05, 3.63) is 35.6 Å². The molecule has 2 rings (SSSR count). The van der Waals surface area contributed by atoms with Crippen LogP contribution in [0.3, 0.4) is 0 Å². The fraction of sp³-hybridized carbons (Fsp3) is 0.611. The number of hydrogen-bond acceptors (Lipinski definition) is 3. The van der Waals surface area contributed by atoms with Crippen LogP contribution in [0.2, 0.25) is 0 Å². The van der Waals surface area contributed by atoms with Crippen molar-refractivity contribution in [3.63, 3.8) is 0 Å². The van der Waals surface area contributed by atoms with E-state index in [9.17, 15) is 14.3 Å². The third kappa shape index (κ3) is 4.52. The summed E-state index contributed by atoms with van der Waals surface area (Å²) in [4.78, 5) is 16.2. The van der Waals surface area contributed by atoms with Crippen molar-refractivity contribution in [1.82, 2.24) is 9.80 Å². The van der Waals surface area contributed by atoms with Crippen LogP contribution < -0.4 is 0 Å². The second-order valence-electron chi connectivity index (χ2n) is 6.69. The Kier molecular flexibility index (Phi) is 6.13. The Bertz CT molecular complexity index is 532. The molecule has 1 aromatic rings. The normalized spacial score (nSPS) is 21.7. The van der Waals surface area contributed by atoms with Crippen molar-refractivity contribution in [2.24, 2.45) is 5.41 Å². The Morgan fingerprint density at radius 1 is 1.43 bits per heavy atom. The van der Waals surface area contributed by atoms with Crippen LogP contribution in [0, 0.1) is 11.2 Å². The average molecular weight is 322 g/mol.